The second-order valence-electron chi connectivity index (χ2n) is 10.3. The predicted molar refractivity (Wildman–Crippen MR) is 135 cm³/mol. The summed E-state index contributed by atoms with van der Waals surface area (Å²) in [6, 6.07) is 26.5. The normalized spacial score (nSPS) is 13.2. The third kappa shape index (κ3) is 5.23. The molecule has 3 aromatic carbocycles. The highest BCUT2D eigenvalue weighted by molar-refractivity contribution is 6.53. The van der Waals surface area contributed by atoms with Crippen LogP contribution in [-0.4, -0.2) is 7.28 Å². The minimum atomic E-state index is 0.0661. The summed E-state index contributed by atoms with van der Waals surface area (Å²) in [5.41, 5.74) is 14.2. The van der Waals surface area contributed by atoms with Gasteiger partial charge in [0.1, 0.15) is 0 Å². The average Bonchev–Trinajstić information content (AvgIpc) is 2.72. The van der Waals surface area contributed by atoms with Crippen LogP contribution in [-0.2, 0) is 0 Å². The van der Waals surface area contributed by atoms with Crippen LogP contribution in [0, 0.1) is 10.8 Å². The van der Waals surface area contributed by atoms with Crippen LogP contribution in [0.5, 0.6) is 0 Å². The van der Waals surface area contributed by atoms with Crippen molar-refractivity contribution in [2.45, 2.75) is 53.9 Å². The lowest BCUT2D eigenvalue weighted by Crippen LogP contribution is -2.33. The highest BCUT2D eigenvalue weighted by Gasteiger charge is 2.32. The Morgan fingerprint density at radius 2 is 1.27 bits per heavy atom. The number of hydrogen-bond donors (Lipinski definition) is 1. The second-order valence-corrected chi connectivity index (χ2v) is 10.3. The molecule has 0 aliphatic heterocycles. The van der Waals surface area contributed by atoms with Crippen LogP contribution < -0.4 is 11.2 Å². The maximum absolute atomic E-state index is 5.99. The van der Waals surface area contributed by atoms with Crippen LogP contribution >= 0.6 is 0 Å². The molecule has 0 saturated heterocycles. The van der Waals surface area contributed by atoms with E-state index >= 15 is 0 Å². The third-order valence-corrected chi connectivity index (χ3v) is 6.96. The van der Waals surface area contributed by atoms with Gasteiger partial charge in [-0.3, -0.25) is 0 Å². The molecule has 0 fully saturated rings. The van der Waals surface area contributed by atoms with Crippen molar-refractivity contribution >= 4 is 12.7 Å². The lowest BCUT2D eigenvalue weighted by atomic mass is 9.53. The van der Waals surface area contributed by atoms with Gasteiger partial charge < -0.3 is 5.73 Å². The summed E-state index contributed by atoms with van der Waals surface area (Å²) in [6.07, 6.45) is 1.19. The first-order valence-corrected chi connectivity index (χ1v) is 11.1. The van der Waals surface area contributed by atoms with Crippen molar-refractivity contribution in [1.82, 2.24) is 0 Å². The molecule has 0 aliphatic rings. The molecule has 0 saturated carbocycles. The van der Waals surface area contributed by atoms with E-state index in [0.29, 0.717) is 10.8 Å². The summed E-state index contributed by atoms with van der Waals surface area (Å²) in [5.74, 6) is 0. The van der Waals surface area contributed by atoms with E-state index in [0.717, 1.165) is 7.28 Å². The standard InChI is InChI=1S/C28H36BN/c1-20(30)21-13-15-22(16-14-21)23-9-7-10-24(17-23)25-11-8-12-26(18-25)29-19-28(5,6)27(2,3)4/h7-18,20,29H,19,30H2,1-6H3. The van der Waals surface area contributed by atoms with Crippen LogP contribution in [0.4, 0.5) is 0 Å². The molecule has 0 spiro atoms. The zero-order valence-corrected chi connectivity index (χ0v) is 19.5. The molecule has 3 aromatic rings. The SMILES string of the molecule is CC(N)c1ccc(-c2cccc(-c3cccc(BCC(C)(C)C(C)(C)C)c3)c2)cc1. The van der Waals surface area contributed by atoms with Crippen molar-refractivity contribution in [2.24, 2.45) is 16.6 Å². The van der Waals surface area contributed by atoms with Gasteiger partial charge in [0.15, 0.2) is 7.28 Å². The molecule has 0 heterocycles. The predicted octanol–water partition coefficient (Wildman–Crippen LogP) is 6.59. The minimum absolute atomic E-state index is 0.0661. The van der Waals surface area contributed by atoms with Crippen molar-refractivity contribution in [2.75, 3.05) is 0 Å². The number of hydrogen-bond acceptors (Lipinski definition) is 1. The summed E-state index contributed by atoms with van der Waals surface area (Å²) in [7, 11) is 1.11. The number of benzene rings is 3. The van der Waals surface area contributed by atoms with E-state index in [-0.39, 0.29) is 6.04 Å². The van der Waals surface area contributed by atoms with E-state index in [4.69, 9.17) is 5.73 Å². The van der Waals surface area contributed by atoms with Gasteiger partial charge in [-0.1, -0.05) is 113 Å². The molecular formula is C28H36BN. The molecule has 0 aromatic heterocycles. The van der Waals surface area contributed by atoms with Crippen molar-refractivity contribution < 1.29 is 0 Å². The number of rotatable bonds is 6. The Morgan fingerprint density at radius 3 is 1.83 bits per heavy atom. The van der Waals surface area contributed by atoms with Crippen LogP contribution in [0.3, 0.4) is 0 Å². The van der Waals surface area contributed by atoms with E-state index in [9.17, 15) is 0 Å². The Hall–Kier alpha value is -2.32. The first-order valence-electron chi connectivity index (χ1n) is 11.1. The van der Waals surface area contributed by atoms with Gasteiger partial charge in [0, 0.05) is 6.04 Å². The van der Waals surface area contributed by atoms with Crippen molar-refractivity contribution in [3.05, 3.63) is 78.4 Å². The molecule has 3 rings (SSSR count). The molecule has 0 aliphatic carbocycles. The van der Waals surface area contributed by atoms with Gasteiger partial charge in [0.2, 0.25) is 0 Å². The maximum atomic E-state index is 5.99. The molecule has 1 atom stereocenters. The van der Waals surface area contributed by atoms with Gasteiger partial charge in [-0.15, -0.1) is 0 Å². The minimum Gasteiger partial charge on any atom is -0.324 e. The van der Waals surface area contributed by atoms with Crippen LogP contribution in [0.1, 0.15) is 53.1 Å². The van der Waals surface area contributed by atoms with E-state index < -0.39 is 0 Å². The molecule has 0 amide bonds. The molecule has 0 bridgehead atoms. The quantitative estimate of drug-likeness (QED) is 0.467. The molecule has 30 heavy (non-hydrogen) atoms. The Kier molecular flexibility index (Phi) is 6.57. The fourth-order valence-corrected chi connectivity index (χ4v) is 3.60. The van der Waals surface area contributed by atoms with E-state index in [2.05, 4.69) is 107 Å². The van der Waals surface area contributed by atoms with Crippen molar-refractivity contribution in [3.63, 3.8) is 0 Å². The summed E-state index contributed by atoms with van der Waals surface area (Å²) in [6.45, 7) is 13.8. The second kappa shape index (κ2) is 8.82. The van der Waals surface area contributed by atoms with E-state index in [1.165, 1.54) is 39.6 Å². The molecule has 0 radical (unpaired) electrons. The monoisotopic (exact) mass is 397 g/mol. The third-order valence-electron chi connectivity index (χ3n) is 6.96. The maximum Gasteiger partial charge on any atom is 0.158 e. The fourth-order valence-electron chi connectivity index (χ4n) is 3.60. The Bertz CT molecular complexity index is 978. The molecule has 2 heteroatoms. The Balaban J connectivity index is 1.81. The zero-order valence-electron chi connectivity index (χ0n) is 19.5. The molecule has 2 N–H and O–H groups in total. The average molecular weight is 397 g/mol. The summed E-state index contributed by atoms with van der Waals surface area (Å²) in [5, 5.41) is 0. The first kappa shape index (κ1) is 22.4. The lowest BCUT2D eigenvalue weighted by molar-refractivity contribution is 0.157. The van der Waals surface area contributed by atoms with Crippen LogP contribution in [0.15, 0.2) is 72.8 Å². The number of nitrogens with two attached hydrogens (primary N) is 1. The van der Waals surface area contributed by atoms with Crippen molar-refractivity contribution in [1.29, 1.82) is 0 Å². The van der Waals surface area contributed by atoms with Gasteiger partial charge >= 0.3 is 0 Å². The highest BCUT2D eigenvalue weighted by atomic mass is 14.6. The van der Waals surface area contributed by atoms with E-state index in [1.807, 2.05) is 6.92 Å². The molecule has 156 valence electrons. The zero-order chi connectivity index (χ0) is 21.9. The molecular weight excluding hydrogens is 361 g/mol. The van der Waals surface area contributed by atoms with Gasteiger partial charge in [0.25, 0.3) is 0 Å². The largest absolute Gasteiger partial charge is 0.324 e. The van der Waals surface area contributed by atoms with Gasteiger partial charge in [-0.2, -0.15) is 0 Å². The first-order chi connectivity index (χ1) is 14.1. The lowest BCUT2D eigenvalue weighted by Gasteiger charge is -2.39. The van der Waals surface area contributed by atoms with Crippen LogP contribution in [0.25, 0.3) is 22.3 Å². The van der Waals surface area contributed by atoms with Gasteiger partial charge in [-0.25, -0.2) is 0 Å². The van der Waals surface area contributed by atoms with Gasteiger partial charge in [0.05, 0.1) is 0 Å². The Labute approximate surface area is 184 Å². The Morgan fingerprint density at radius 1 is 0.733 bits per heavy atom. The summed E-state index contributed by atoms with van der Waals surface area (Å²) >= 11 is 0. The summed E-state index contributed by atoms with van der Waals surface area (Å²) < 4.78 is 0. The van der Waals surface area contributed by atoms with Crippen LogP contribution in [0.2, 0.25) is 6.32 Å². The summed E-state index contributed by atoms with van der Waals surface area (Å²) in [4.78, 5) is 0. The topological polar surface area (TPSA) is 26.0 Å². The van der Waals surface area contributed by atoms with Gasteiger partial charge in [-0.05, 0) is 51.6 Å². The molecule has 1 nitrogen and oxygen atoms in total. The fraction of sp³-hybridized carbons (Fsp3) is 0.357. The highest BCUT2D eigenvalue weighted by Crippen LogP contribution is 2.40. The molecule has 1 unspecified atom stereocenters. The van der Waals surface area contributed by atoms with Crippen molar-refractivity contribution in [3.8, 4) is 22.3 Å². The smallest absolute Gasteiger partial charge is 0.158 e. The van der Waals surface area contributed by atoms with E-state index in [1.54, 1.807) is 0 Å².